The summed E-state index contributed by atoms with van der Waals surface area (Å²) in [6.07, 6.45) is 2.46. The molecule has 10 heteroatoms. The molecule has 0 aliphatic carbocycles. The number of hydrogen-bond donors (Lipinski definition) is 0. The first-order valence-electron chi connectivity index (χ1n) is 14.0. The number of ether oxygens (including phenoxy) is 5. The molecule has 0 spiro atoms. The molecule has 3 aromatic rings. The maximum atomic E-state index is 13.6. The van der Waals surface area contributed by atoms with Gasteiger partial charge in [0, 0.05) is 42.8 Å². The number of methoxy groups -OCH3 is 4. The molecule has 1 aliphatic heterocycles. The Labute approximate surface area is 257 Å². The molecule has 1 heterocycles. The molecule has 0 unspecified atom stereocenters. The monoisotopic (exact) mass is 608 g/mol. The minimum Gasteiger partial charge on any atom is -0.493 e. The minimum atomic E-state index is -0.181. The van der Waals surface area contributed by atoms with Gasteiger partial charge >= 0.3 is 0 Å². The third-order valence-electron chi connectivity index (χ3n) is 7.13. The summed E-state index contributed by atoms with van der Waals surface area (Å²) in [4.78, 5) is 30.4. The van der Waals surface area contributed by atoms with Gasteiger partial charge < -0.3 is 33.5 Å². The lowest BCUT2D eigenvalue weighted by Gasteiger charge is -2.34. The van der Waals surface area contributed by atoms with Crippen molar-refractivity contribution in [3.63, 3.8) is 0 Å². The zero-order chi connectivity index (χ0) is 30.9. The smallest absolute Gasteiger partial charge is 0.254 e. The van der Waals surface area contributed by atoms with Crippen molar-refractivity contribution in [2.24, 2.45) is 0 Å². The van der Waals surface area contributed by atoms with Crippen LogP contribution in [0.3, 0.4) is 0 Å². The number of piperazine rings is 1. The average Bonchev–Trinajstić information content (AvgIpc) is 3.04. The van der Waals surface area contributed by atoms with Gasteiger partial charge in [0.25, 0.3) is 5.91 Å². The first kappa shape index (κ1) is 31.6. The van der Waals surface area contributed by atoms with Gasteiger partial charge in [0.2, 0.25) is 11.7 Å². The van der Waals surface area contributed by atoms with Crippen LogP contribution in [0.15, 0.2) is 60.7 Å². The summed E-state index contributed by atoms with van der Waals surface area (Å²) in [7, 11) is 6.12. The fraction of sp³-hybridized carbons (Fsp3) is 0.333. The van der Waals surface area contributed by atoms with E-state index in [2.05, 4.69) is 0 Å². The van der Waals surface area contributed by atoms with Crippen molar-refractivity contribution in [3.05, 3.63) is 82.4 Å². The first-order valence-corrected chi connectivity index (χ1v) is 14.4. The topological polar surface area (TPSA) is 86.8 Å². The highest BCUT2D eigenvalue weighted by Crippen LogP contribution is 2.39. The largest absolute Gasteiger partial charge is 0.493 e. The molecule has 1 aliphatic rings. The van der Waals surface area contributed by atoms with Crippen molar-refractivity contribution in [2.45, 2.75) is 13.3 Å². The van der Waals surface area contributed by atoms with Crippen LogP contribution >= 0.6 is 11.6 Å². The zero-order valence-electron chi connectivity index (χ0n) is 25.1. The maximum Gasteiger partial charge on any atom is 0.254 e. The number of rotatable bonds is 11. The summed E-state index contributed by atoms with van der Waals surface area (Å²) in [5.41, 5.74) is 2.70. The van der Waals surface area contributed by atoms with Crippen molar-refractivity contribution in [1.82, 2.24) is 9.80 Å². The van der Waals surface area contributed by atoms with Crippen molar-refractivity contribution in [1.29, 1.82) is 0 Å². The van der Waals surface area contributed by atoms with Gasteiger partial charge in [-0.2, -0.15) is 0 Å². The molecule has 0 bridgehead atoms. The van der Waals surface area contributed by atoms with Crippen LogP contribution in [0.2, 0.25) is 5.02 Å². The first-order chi connectivity index (χ1) is 20.8. The van der Waals surface area contributed by atoms with Gasteiger partial charge in [0.15, 0.2) is 23.0 Å². The van der Waals surface area contributed by atoms with Crippen LogP contribution in [0.4, 0.5) is 0 Å². The van der Waals surface area contributed by atoms with Crippen molar-refractivity contribution in [2.75, 3.05) is 61.2 Å². The van der Waals surface area contributed by atoms with E-state index < -0.39 is 0 Å². The minimum absolute atomic E-state index is 0.165. The van der Waals surface area contributed by atoms with Crippen molar-refractivity contribution in [3.8, 4) is 28.7 Å². The van der Waals surface area contributed by atoms with E-state index in [9.17, 15) is 9.59 Å². The van der Waals surface area contributed by atoms with Gasteiger partial charge in [-0.05, 0) is 59.5 Å². The molecule has 1 saturated heterocycles. The molecular formula is C33H37ClN2O7. The highest BCUT2D eigenvalue weighted by Gasteiger charge is 2.27. The molecule has 228 valence electrons. The Kier molecular flexibility index (Phi) is 10.8. The highest BCUT2D eigenvalue weighted by atomic mass is 35.5. The number of carbonyl (C=O) groups excluding carboxylic acids is 2. The number of carbonyl (C=O) groups is 2. The molecule has 3 aromatic carbocycles. The maximum absolute atomic E-state index is 13.6. The molecule has 0 aromatic heterocycles. The van der Waals surface area contributed by atoms with Crippen LogP contribution in [0.1, 0.15) is 34.8 Å². The van der Waals surface area contributed by atoms with Gasteiger partial charge in [-0.1, -0.05) is 36.7 Å². The third-order valence-corrected chi connectivity index (χ3v) is 7.37. The number of amides is 2. The normalized spacial score (nSPS) is 13.4. The molecule has 1 fully saturated rings. The fourth-order valence-corrected chi connectivity index (χ4v) is 5.08. The van der Waals surface area contributed by atoms with Crippen LogP contribution in [0, 0.1) is 0 Å². The number of benzene rings is 3. The number of hydrogen-bond acceptors (Lipinski definition) is 7. The van der Waals surface area contributed by atoms with E-state index in [1.54, 1.807) is 41.2 Å². The number of nitrogens with zero attached hydrogens (tertiary/aromatic N) is 2. The second-order valence-corrected chi connectivity index (χ2v) is 10.3. The Balaban J connectivity index is 1.56. The standard InChI is InChI=1S/C33H37ClN2O7/c1-6-16-43-28-18-23(10-11-27(28)39-2)26(22-8-7-9-25(34)17-22)21-31(37)35-12-14-36(15-13-35)33(38)24-19-29(40-3)32(42-5)30(20-24)41-4/h7-11,17-21H,6,12-16H2,1-5H3/b26-21-. The van der Waals surface area contributed by atoms with Gasteiger partial charge in [-0.15, -0.1) is 0 Å². The van der Waals surface area contributed by atoms with E-state index >= 15 is 0 Å². The molecule has 0 atom stereocenters. The molecule has 0 N–H and O–H groups in total. The second kappa shape index (κ2) is 14.7. The van der Waals surface area contributed by atoms with Crippen molar-refractivity contribution < 1.29 is 33.3 Å². The molecular weight excluding hydrogens is 572 g/mol. The lowest BCUT2D eigenvalue weighted by atomic mass is 9.96. The summed E-state index contributed by atoms with van der Waals surface area (Å²) in [6, 6.07) is 16.2. The fourth-order valence-electron chi connectivity index (χ4n) is 4.89. The third kappa shape index (κ3) is 7.35. The van der Waals surface area contributed by atoms with E-state index in [0.717, 1.165) is 17.5 Å². The quantitative estimate of drug-likeness (QED) is 0.263. The average molecular weight is 609 g/mol. The van der Waals surface area contributed by atoms with Crippen molar-refractivity contribution >= 4 is 29.0 Å². The molecule has 0 saturated carbocycles. The Morgan fingerprint density at radius 1 is 0.744 bits per heavy atom. The van der Waals surface area contributed by atoms with E-state index in [1.807, 2.05) is 43.3 Å². The zero-order valence-corrected chi connectivity index (χ0v) is 25.9. The van der Waals surface area contributed by atoms with E-state index in [0.29, 0.717) is 77.7 Å². The molecule has 9 nitrogen and oxygen atoms in total. The van der Waals surface area contributed by atoms with Crippen LogP contribution in [-0.2, 0) is 4.79 Å². The Bertz CT molecular complexity index is 1460. The number of halogens is 1. The molecule has 2 amide bonds. The predicted molar refractivity (Wildman–Crippen MR) is 166 cm³/mol. The van der Waals surface area contributed by atoms with Gasteiger partial charge in [-0.3, -0.25) is 9.59 Å². The van der Waals surface area contributed by atoms with E-state index in [1.165, 1.54) is 21.3 Å². The van der Waals surface area contributed by atoms with E-state index in [4.69, 9.17) is 35.3 Å². The summed E-state index contributed by atoms with van der Waals surface area (Å²) >= 11 is 6.33. The highest BCUT2D eigenvalue weighted by molar-refractivity contribution is 6.30. The SMILES string of the molecule is CCCOc1cc(/C(=C\C(=O)N2CCN(C(=O)c3cc(OC)c(OC)c(OC)c3)CC2)c2cccc(Cl)c2)ccc1OC. The second-order valence-electron chi connectivity index (χ2n) is 9.81. The van der Waals surface area contributed by atoms with Crippen LogP contribution in [0.5, 0.6) is 28.7 Å². The Morgan fingerprint density at radius 2 is 1.35 bits per heavy atom. The van der Waals surface area contributed by atoms with Gasteiger partial charge in [0.05, 0.1) is 35.0 Å². The van der Waals surface area contributed by atoms with E-state index in [-0.39, 0.29) is 11.8 Å². The Morgan fingerprint density at radius 3 is 1.93 bits per heavy atom. The summed E-state index contributed by atoms with van der Waals surface area (Å²) in [6.45, 7) is 4.07. The lowest BCUT2D eigenvalue weighted by Crippen LogP contribution is -2.50. The Hall–Kier alpha value is -4.37. The van der Waals surface area contributed by atoms with Gasteiger partial charge in [0.1, 0.15) is 0 Å². The molecule has 4 rings (SSSR count). The lowest BCUT2D eigenvalue weighted by molar-refractivity contribution is -0.127. The molecule has 0 radical (unpaired) electrons. The summed E-state index contributed by atoms with van der Waals surface area (Å²) in [5.74, 6) is 2.09. The van der Waals surface area contributed by atoms with Gasteiger partial charge in [-0.25, -0.2) is 0 Å². The summed E-state index contributed by atoms with van der Waals surface area (Å²) in [5, 5.41) is 0.561. The predicted octanol–water partition coefficient (Wildman–Crippen LogP) is 5.58. The molecule has 43 heavy (non-hydrogen) atoms. The van der Waals surface area contributed by atoms with Crippen LogP contribution in [0.25, 0.3) is 5.57 Å². The summed E-state index contributed by atoms with van der Waals surface area (Å²) < 4.78 is 27.6. The van der Waals surface area contributed by atoms with Crippen LogP contribution < -0.4 is 23.7 Å². The van der Waals surface area contributed by atoms with Crippen LogP contribution in [-0.4, -0.2) is 82.8 Å².